The zero-order valence-corrected chi connectivity index (χ0v) is 15.2. The van der Waals surface area contributed by atoms with E-state index in [0.717, 1.165) is 18.6 Å². The maximum atomic E-state index is 12.6. The van der Waals surface area contributed by atoms with E-state index in [9.17, 15) is 19.7 Å². The molecule has 1 N–H and O–H groups in total. The molecule has 25 heavy (non-hydrogen) atoms. The first-order valence-corrected chi connectivity index (χ1v) is 7.97. The molecule has 0 saturated carbocycles. The van der Waals surface area contributed by atoms with E-state index in [-0.39, 0.29) is 22.9 Å². The Morgan fingerprint density at radius 1 is 1.24 bits per heavy atom. The van der Waals surface area contributed by atoms with Gasteiger partial charge < -0.3 is 15.0 Å². The number of ether oxygens (including phenoxy) is 1. The number of esters is 1. The highest BCUT2D eigenvalue weighted by Gasteiger charge is 2.21. The second-order valence-corrected chi connectivity index (χ2v) is 6.58. The predicted molar refractivity (Wildman–Crippen MR) is 93.7 cm³/mol. The van der Waals surface area contributed by atoms with E-state index in [1.807, 2.05) is 19.0 Å². The highest BCUT2D eigenvalue weighted by atomic mass is 16.6. The third kappa shape index (κ3) is 6.50. The number of carbonyl (C=O) groups excluding carboxylic acids is 2. The number of nitro benzene ring substituents is 1. The average Bonchev–Trinajstić information content (AvgIpc) is 2.52. The van der Waals surface area contributed by atoms with Gasteiger partial charge in [0.2, 0.25) is 0 Å². The predicted octanol–water partition coefficient (Wildman–Crippen LogP) is 2.09. The highest BCUT2D eigenvalue weighted by molar-refractivity contribution is 5.99. The van der Waals surface area contributed by atoms with Crippen LogP contribution in [0.2, 0.25) is 0 Å². The fraction of sp³-hybridized carbons (Fsp3) is 0.529. The molecule has 0 heterocycles. The first-order valence-electron chi connectivity index (χ1n) is 7.97. The Morgan fingerprint density at radius 3 is 2.32 bits per heavy atom. The topological polar surface area (TPSA) is 102 Å². The lowest BCUT2D eigenvalue weighted by Crippen LogP contribution is -2.42. The zero-order valence-electron chi connectivity index (χ0n) is 15.2. The van der Waals surface area contributed by atoms with Crippen molar-refractivity contribution in [2.75, 3.05) is 27.7 Å². The maximum Gasteiger partial charge on any atom is 0.338 e. The molecule has 0 spiro atoms. The monoisotopic (exact) mass is 351 g/mol. The lowest BCUT2D eigenvalue weighted by Gasteiger charge is -2.24. The van der Waals surface area contributed by atoms with Crippen LogP contribution in [0.3, 0.4) is 0 Å². The van der Waals surface area contributed by atoms with Crippen LogP contribution >= 0.6 is 0 Å². The molecule has 0 fully saturated rings. The number of hydrogen-bond acceptors (Lipinski definition) is 6. The molecule has 0 aliphatic heterocycles. The van der Waals surface area contributed by atoms with E-state index >= 15 is 0 Å². The van der Waals surface area contributed by atoms with E-state index < -0.39 is 16.8 Å². The molecule has 138 valence electrons. The third-order valence-corrected chi connectivity index (χ3v) is 3.49. The quantitative estimate of drug-likeness (QED) is 0.437. The Labute approximate surface area is 147 Å². The minimum absolute atomic E-state index is 0.0325. The van der Waals surface area contributed by atoms with Gasteiger partial charge in [0.25, 0.3) is 11.6 Å². The van der Waals surface area contributed by atoms with Crippen LogP contribution in [0.5, 0.6) is 0 Å². The summed E-state index contributed by atoms with van der Waals surface area (Å²) in [5.41, 5.74) is -0.307. The highest BCUT2D eigenvalue weighted by Crippen LogP contribution is 2.18. The summed E-state index contributed by atoms with van der Waals surface area (Å²) in [6.45, 7) is 4.75. The van der Waals surface area contributed by atoms with Crippen LogP contribution < -0.4 is 5.32 Å². The lowest BCUT2D eigenvalue weighted by atomic mass is 10.0. The number of amides is 1. The van der Waals surface area contributed by atoms with Gasteiger partial charge >= 0.3 is 5.97 Å². The number of likely N-dealkylation sites (N-methyl/N-ethyl adjacent to an activating group) is 1. The van der Waals surface area contributed by atoms with Crippen LogP contribution in [0.1, 0.15) is 41.0 Å². The van der Waals surface area contributed by atoms with E-state index in [1.54, 1.807) is 0 Å². The molecular formula is C17H25N3O5. The van der Waals surface area contributed by atoms with Gasteiger partial charge in [0, 0.05) is 30.3 Å². The van der Waals surface area contributed by atoms with Crippen molar-refractivity contribution in [3.05, 3.63) is 39.4 Å². The van der Waals surface area contributed by atoms with Crippen molar-refractivity contribution < 1.29 is 19.2 Å². The van der Waals surface area contributed by atoms with Crippen molar-refractivity contribution in [2.45, 2.75) is 26.3 Å². The second kappa shape index (κ2) is 9.12. The van der Waals surface area contributed by atoms with Gasteiger partial charge in [0.1, 0.15) is 0 Å². The fourth-order valence-corrected chi connectivity index (χ4v) is 2.54. The SMILES string of the molecule is COC(=O)c1cc(C(=O)NC(CC(C)C)CN(C)C)cc([N+](=O)[O-])c1. The molecule has 0 aliphatic rings. The normalized spacial score (nSPS) is 12.1. The fourth-order valence-electron chi connectivity index (χ4n) is 2.54. The average molecular weight is 351 g/mol. The van der Waals surface area contributed by atoms with Gasteiger partial charge in [-0.05, 0) is 32.5 Å². The summed E-state index contributed by atoms with van der Waals surface area (Å²) in [6, 6.07) is 3.44. The zero-order chi connectivity index (χ0) is 19.1. The number of benzene rings is 1. The summed E-state index contributed by atoms with van der Waals surface area (Å²) < 4.78 is 4.59. The summed E-state index contributed by atoms with van der Waals surface area (Å²) in [4.78, 5) is 36.6. The molecule has 0 saturated heterocycles. The Hall–Kier alpha value is -2.48. The Balaban J connectivity index is 3.11. The van der Waals surface area contributed by atoms with Crippen molar-refractivity contribution >= 4 is 17.6 Å². The number of nitrogens with zero attached hydrogens (tertiary/aromatic N) is 2. The van der Waals surface area contributed by atoms with Crippen LogP contribution in [-0.4, -0.2) is 55.5 Å². The molecule has 8 heteroatoms. The van der Waals surface area contributed by atoms with Gasteiger partial charge in [-0.3, -0.25) is 14.9 Å². The first-order chi connectivity index (χ1) is 11.6. The summed E-state index contributed by atoms with van der Waals surface area (Å²) in [6.07, 6.45) is 0.767. The number of methoxy groups -OCH3 is 1. The molecule has 0 bridgehead atoms. The van der Waals surface area contributed by atoms with Crippen molar-refractivity contribution in [3.8, 4) is 0 Å². The molecule has 1 rings (SSSR count). The molecule has 8 nitrogen and oxygen atoms in total. The van der Waals surface area contributed by atoms with Gasteiger partial charge in [-0.25, -0.2) is 4.79 Å². The standard InChI is InChI=1S/C17H25N3O5/c1-11(2)6-14(10-19(3)4)18-16(21)12-7-13(17(22)25-5)9-15(8-12)20(23)24/h7-9,11,14H,6,10H2,1-5H3,(H,18,21). The number of nitro groups is 1. The van der Waals surface area contributed by atoms with Gasteiger partial charge in [-0.2, -0.15) is 0 Å². The molecule has 0 aliphatic carbocycles. The number of carbonyl (C=O) groups is 2. The lowest BCUT2D eigenvalue weighted by molar-refractivity contribution is -0.384. The minimum Gasteiger partial charge on any atom is -0.465 e. The molecule has 1 unspecified atom stereocenters. The number of hydrogen-bond donors (Lipinski definition) is 1. The van der Waals surface area contributed by atoms with Gasteiger partial charge in [0.05, 0.1) is 17.6 Å². The van der Waals surface area contributed by atoms with Gasteiger partial charge in [-0.15, -0.1) is 0 Å². The smallest absolute Gasteiger partial charge is 0.338 e. The van der Waals surface area contributed by atoms with Crippen molar-refractivity contribution in [1.82, 2.24) is 10.2 Å². The van der Waals surface area contributed by atoms with Crippen LogP contribution in [-0.2, 0) is 4.74 Å². The van der Waals surface area contributed by atoms with Crippen molar-refractivity contribution in [1.29, 1.82) is 0 Å². The Morgan fingerprint density at radius 2 is 1.84 bits per heavy atom. The maximum absolute atomic E-state index is 12.6. The van der Waals surface area contributed by atoms with Gasteiger partial charge in [0.15, 0.2) is 0 Å². The largest absolute Gasteiger partial charge is 0.465 e. The first kappa shape index (κ1) is 20.6. The van der Waals surface area contributed by atoms with E-state index in [4.69, 9.17) is 0 Å². The van der Waals surface area contributed by atoms with Crippen molar-refractivity contribution in [2.24, 2.45) is 5.92 Å². The summed E-state index contributed by atoms with van der Waals surface area (Å²) in [7, 11) is 4.99. The summed E-state index contributed by atoms with van der Waals surface area (Å²) in [5.74, 6) is -0.813. The van der Waals surface area contributed by atoms with E-state index in [2.05, 4.69) is 23.9 Å². The summed E-state index contributed by atoms with van der Waals surface area (Å²) >= 11 is 0. The van der Waals surface area contributed by atoms with Crippen LogP contribution in [0.4, 0.5) is 5.69 Å². The molecule has 1 aromatic carbocycles. The number of non-ortho nitro benzene ring substituents is 1. The van der Waals surface area contributed by atoms with E-state index in [1.165, 1.54) is 13.2 Å². The third-order valence-electron chi connectivity index (χ3n) is 3.49. The molecule has 0 radical (unpaired) electrons. The molecule has 1 aromatic rings. The number of rotatable bonds is 8. The molecule has 0 aromatic heterocycles. The van der Waals surface area contributed by atoms with Crippen LogP contribution in [0.25, 0.3) is 0 Å². The van der Waals surface area contributed by atoms with Crippen molar-refractivity contribution in [3.63, 3.8) is 0 Å². The van der Waals surface area contributed by atoms with Crippen LogP contribution in [0.15, 0.2) is 18.2 Å². The molecular weight excluding hydrogens is 326 g/mol. The summed E-state index contributed by atoms with van der Waals surface area (Å²) in [5, 5.41) is 14.0. The minimum atomic E-state index is -0.732. The van der Waals surface area contributed by atoms with Gasteiger partial charge in [-0.1, -0.05) is 13.8 Å². The molecule has 1 amide bonds. The molecule has 1 atom stereocenters. The Kier molecular flexibility index (Phi) is 7.50. The Bertz CT molecular complexity index is 633. The van der Waals surface area contributed by atoms with E-state index in [0.29, 0.717) is 12.5 Å². The van der Waals surface area contributed by atoms with Crippen LogP contribution in [0, 0.1) is 16.0 Å². The number of nitrogens with one attached hydrogen (secondary N) is 1. The second-order valence-electron chi connectivity index (χ2n) is 6.58.